The van der Waals surface area contributed by atoms with Gasteiger partial charge in [0.15, 0.2) is 0 Å². The Morgan fingerprint density at radius 1 is 1.24 bits per heavy atom. The van der Waals surface area contributed by atoms with E-state index in [0.29, 0.717) is 6.54 Å². The lowest BCUT2D eigenvalue weighted by molar-refractivity contribution is 0.409. The van der Waals surface area contributed by atoms with E-state index in [1.165, 1.54) is 12.1 Å². The van der Waals surface area contributed by atoms with Crippen LogP contribution in [-0.4, -0.2) is 14.2 Å². The third-order valence-corrected chi connectivity index (χ3v) is 3.49. The minimum atomic E-state index is -0.267. The van der Waals surface area contributed by atoms with Gasteiger partial charge in [0.25, 0.3) is 0 Å². The number of ether oxygens (including phenoxy) is 1. The van der Waals surface area contributed by atoms with Crippen molar-refractivity contribution in [3.8, 4) is 5.75 Å². The lowest BCUT2D eigenvalue weighted by atomic mass is 10.0. The van der Waals surface area contributed by atoms with Crippen molar-refractivity contribution in [1.29, 1.82) is 0 Å². The van der Waals surface area contributed by atoms with E-state index in [1.807, 2.05) is 38.2 Å². The van der Waals surface area contributed by atoms with E-state index in [4.69, 9.17) is 10.5 Å². The second kappa shape index (κ2) is 6.59. The van der Waals surface area contributed by atoms with Crippen LogP contribution in [0.2, 0.25) is 0 Å². The van der Waals surface area contributed by atoms with Crippen LogP contribution in [-0.2, 0) is 6.54 Å². The molecule has 4 heteroatoms. The van der Waals surface area contributed by atoms with Crippen LogP contribution < -0.4 is 15.4 Å². The number of rotatable bonds is 5. The largest absolute Gasteiger partial charge is 0.496 e. The molecule has 0 radical (unpaired) electrons. The third-order valence-electron chi connectivity index (χ3n) is 3.49. The zero-order valence-corrected chi connectivity index (χ0v) is 12.6. The number of para-hydroxylation sites is 1. The summed E-state index contributed by atoms with van der Waals surface area (Å²) in [5, 5.41) is 0. The molecular formula is C17H21FN2O. The first-order valence-corrected chi connectivity index (χ1v) is 6.91. The molecule has 0 fully saturated rings. The molecule has 1 atom stereocenters. The fourth-order valence-electron chi connectivity index (χ4n) is 2.41. The first-order valence-electron chi connectivity index (χ1n) is 6.91. The van der Waals surface area contributed by atoms with Crippen molar-refractivity contribution >= 4 is 5.69 Å². The highest BCUT2D eigenvalue weighted by atomic mass is 19.1. The molecule has 0 saturated heterocycles. The molecule has 0 aliphatic heterocycles. The summed E-state index contributed by atoms with van der Waals surface area (Å²) in [4.78, 5) is 2.05. The standard InChI is InChI=1S/C17H21FN2O/c1-12(19)15-10-14(18)8-9-16(15)20(2)11-13-6-4-5-7-17(13)21-3/h4-10,12H,11,19H2,1-3H3/t12-/m0/s1. The Labute approximate surface area is 125 Å². The summed E-state index contributed by atoms with van der Waals surface area (Å²) in [6.45, 7) is 2.52. The van der Waals surface area contributed by atoms with Gasteiger partial charge in [0.2, 0.25) is 0 Å². The number of benzene rings is 2. The van der Waals surface area contributed by atoms with Crippen molar-refractivity contribution in [3.63, 3.8) is 0 Å². The van der Waals surface area contributed by atoms with Gasteiger partial charge in [-0.2, -0.15) is 0 Å². The molecule has 0 saturated carbocycles. The van der Waals surface area contributed by atoms with Gasteiger partial charge in [-0.05, 0) is 36.8 Å². The number of methoxy groups -OCH3 is 1. The van der Waals surface area contributed by atoms with E-state index >= 15 is 0 Å². The summed E-state index contributed by atoms with van der Waals surface area (Å²) < 4.78 is 18.8. The normalized spacial score (nSPS) is 12.0. The topological polar surface area (TPSA) is 38.5 Å². The van der Waals surface area contributed by atoms with Gasteiger partial charge in [0.05, 0.1) is 7.11 Å². The SMILES string of the molecule is COc1ccccc1CN(C)c1ccc(F)cc1[C@H](C)N. The summed E-state index contributed by atoms with van der Waals surface area (Å²) in [5.41, 5.74) is 8.75. The van der Waals surface area contributed by atoms with Crippen molar-refractivity contribution in [2.75, 3.05) is 19.1 Å². The van der Waals surface area contributed by atoms with E-state index in [0.717, 1.165) is 22.6 Å². The smallest absolute Gasteiger partial charge is 0.123 e. The van der Waals surface area contributed by atoms with E-state index in [-0.39, 0.29) is 11.9 Å². The molecule has 0 heterocycles. The number of halogens is 1. The number of hydrogen-bond donors (Lipinski definition) is 1. The minimum Gasteiger partial charge on any atom is -0.496 e. The highest BCUT2D eigenvalue weighted by molar-refractivity contribution is 5.55. The van der Waals surface area contributed by atoms with Crippen molar-refractivity contribution in [1.82, 2.24) is 0 Å². The van der Waals surface area contributed by atoms with E-state index in [9.17, 15) is 4.39 Å². The van der Waals surface area contributed by atoms with Crippen LogP contribution in [0.1, 0.15) is 24.1 Å². The van der Waals surface area contributed by atoms with Gasteiger partial charge in [0.1, 0.15) is 11.6 Å². The summed E-state index contributed by atoms with van der Waals surface area (Å²) in [7, 11) is 3.62. The summed E-state index contributed by atoms with van der Waals surface area (Å²) >= 11 is 0. The molecule has 0 aliphatic carbocycles. The lowest BCUT2D eigenvalue weighted by Gasteiger charge is -2.25. The average Bonchev–Trinajstić information content (AvgIpc) is 2.47. The predicted molar refractivity (Wildman–Crippen MR) is 84.1 cm³/mol. The van der Waals surface area contributed by atoms with Crippen molar-refractivity contribution < 1.29 is 9.13 Å². The zero-order valence-electron chi connectivity index (χ0n) is 12.6. The number of hydrogen-bond acceptors (Lipinski definition) is 3. The van der Waals surface area contributed by atoms with Gasteiger partial charge < -0.3 is 15.4 Å². The Morgan fingerprint density at radius 3 is 2.62 bits per heavy atom. The second-order valence-corrected chi connectivity index (χ2v) is 5.16. The minimum absolute atomic E-state index is 0.226. The molecule has 3 nitrogen and oxygen atoms in total. The Kier molecular flexibility index (Phi) is 4.81. The molecule has 0 amide bonds. The van der Waals surface area contributed by atoms with Gasteiger partial charge in [-0.15, -0.1) is 0 Å². The first kappa shape index (κ1) is 15.3. The van der Waals surface area contributed by atoms with Gasteiger partial charge in [-0.25, -0.2) is 4.39 Å². The van der Waals surface area contributed by atoms with Crippen LogP contribution >= 0.6 is 0 Å². The Hall–Kier alpha value is -2.07. The van der Waals surface area contributed by atoms with Crippen LogP contribution in [0.5, 0.6) is 5.75 Å². The molecule has 2 N–H and O–H groups in total. The third kappa shape index (κ3) is 3.52. The van der Waals surface area contributed by atoms with Crippen LogP contribution in [0, 0.1) is 5.82 Å². The Bertz CT molecular complexity index is 613. The number of nitrogens with two attached hydrogens (primary N) is 1. The summed E-state index contributed by atoms with van der Waals surface area (Å²) in [6.07, 6.45) is 0. The van der Waals surface area contributed by atoms with E-state index < -0.39 is 0 Å². The molecule has 112 valence electrons. The number of nitrogens with zero attached hydrogens (tertiary/aromatic N) is 1. The Balaban J connectivity index is 2.30. The molecule has 0 unspecified atom stereocenters. The van der Waals surface area contributed by atoms with Gasteiger partial charge in [-0.1, -0.05) is 18.2 Å². The number of anilines is 1. The summed E-state index contributed by atoms with van der Waals surface area (Å²) in [6, 6.07) is 12.4. The molecular weight excluding hydrogens is 267 g/mol. The monoisotopic (exact) mass is 288 g/mol. The highest BCUT2D eigenvalue weighted by Gasteiger charge is 2.13. The lowest BCUT2D eigenvalue weighted by Crippen LogP contribution is -2.20. The van der Waals surface area contributed by atoms with Crippen molar-refractivity contribution in [3.05, 3.63) is 59.4 Å². The molecule has 2 aromatic rings. The van der Waals surface area contributed by atoms with Crippen LogP contribution in [0.15, 0.2) is 42.5 Å². The Morgan fingerprint density at radius 2 is 1.95 bits per heavy atom. The quantitative estimate of drug-likeness (QED) is 0.915. The molecule has 21 heavy (non-hydrogen) atoms. The van der Waals surface area contributed by atoms with Crippen molar-refractivity contribution in [2.24, 2.45) is 5.73 Å². The fraction of sp³-hybridized carbons (Fsp3) is 0.294. The fourth-order valence-corrected chi connectivity index (χ4v) is 2.41. The maximum atomic E-state index is 13.4. The molecule has 2 rings (SSSR count). The molecule has 0 aliphatic rings. The van der Waals surface area contributed by atoms with Gasteiger partial charge >= 0.3 is 0 Å². The molecule has 0 aromatic heterocycles. The van der Waals surface area contributed by atoms with Crippen LogP contribution in [0.3, 0.4) is 0 Å². The maximum Gasteiger partial charge on any atom is 0.123 e. The van der Waals surface area contributed by atoms with Crippen LogP contribution in [0.4, 0.5) is 10.1 Å². The highest BCUT2D eigenvalue weighted by Crippen LogP contribution is 2.28. The van der Waals surface area contributed by atoms with Gasteiger partial charge in [-0.3, -0.25) is 0 Å². The van der Waals surface area contributed by atoms with Crippen molar-refractivity contribution in [2.45, 2.75) is 19.5 Å². The molecule has 2 aromatic carbocycles. The predicted octanol–water partition coefficient (Wildman–Crippen LogP) is 3.49. The van der Waals surface area contributed by atoms with Gasteiger partial charge in [0, 0.05) is 30.9 Å². The zero-order chi connectivity index (χ0) is 15.4. The molecule has 0 spiro atoms. The maximum absolute atomic E-state index is 13.4. The van der Waals surface area contributed by atoms with E-state index in [1.54, 1.807) is 13.2 Å². The average molecular weight is 288 g/mol. The molecule has 0 bridgehead atoms. The van der Waals surface area contributed by atoms with Crippen LogP contribution in [0.25, 0.3) is 0 Å². The second-order valence-electron chi connectivity index (χ2n) is 5.16. The first-order chi connectivity index (χ1) is 10.0. The van der Waals surface area contributed by atoms with E-state index in [2.05, 4.69) is 4.90 Å². The summed E-state index contributed by atoms with van der Waals surface area (Å²) in [5.74, 6) is 0.575.